The van der Waals surface area contributed by atoms with Crippen molar-refractivity contribution in [2.24, 2.45) is 5.92 Å². The summed E-state index contributed by atoms with van der Waals surface area (Å²) in [6, 6.07) is 4.96. The Morgan fingerprint density at radius 2 is 2.12 bits per heavy atom. The minimum Gasteiger partial charge on any atom is -0.314 e. The first kappa shape index (κ1) is 12.6. The van der Waals surface area contributed by atoms with Crippen LogP contribution >= 0.6 is 0 Å². The van der Waals surface area contributed by atoms with E-state index >= 15 is 0 Å². The van der Waals surface area contributed by atoms with E-state index in [4.69, 9.17) is 0 Å². The van der Waals surface area contributed by atoms with Gasteiger partial charge in [0.2, 0.25) is 0 Å². The molecule has 0 aliphatic heterocycles. The van der Waals surface area contributed by atoms with Crippen molar-refractivity contribution >= 4 is 0 Å². The zero-order chi connectivity index (χ0) is 11.9. The Bertz CT molecular complexity index is 302. The lowest BCUT2D eigenvalue weighted by molar-refractivity contribution is 0.307. The number of aryl methyl sites for hydroxylation is 1. The van der Waals surface area contributed by atoms with Gasteiger partial charge in [-0.1, -0.05) is 13.0 Å². The van der Waals surface area contributed by atoms with Crippen LogP contribution in [-0.4, -0.2) is 17.6 Å². The Morgan fingerprint density at radius 1 is 1.29 bits per heavy atom. The average molecular weight is 232 g/mol. The van der Waals surface area contributed by atoms with Crippen LogP contribution in [0, 0.1) is 5.92 Å². The van der Waals surface area contributed by atoms with Crippen LogP contribution in [0.5, 0.6) is 0 Å². The van der Waals surface area contributed by atoms with Gasteiger partial charge in [0.1, 0.15) is 0 Å². The fourth-order valence-electron chi connectivity index (χ4n) is 2.61. The highest BCUT2D eigenvalue weighted by atomic mass is 14.9. The Kier molecular flexibility index (Phi) is 4.99. The summed E-state index contributed by atoms with van der Waals surface area (Å²) in [5, 5.41) is 3.69. The minimum absolute atomic E-state index is 0.778. The zero-order valence-electron chi connectivity index (χ0n) is 10.9. The molecular formula is C15H24N2. The molecule has 1 saturated carbocycles. The van der Waals surface area contributed by atoms with Crippen LogP contribution in [0.15, 0.2) is 24.5 Å². The predicted molar refractivity (Wildman–Crippen MR) is 72.0 cm³/mol. The van der Waals surface area contributed by atoms with E-state index in [1.165, 1.54) is 37.7 Å². The molecule has 2 rings (SSSR count). The van der Waals surface area contributed by atoms with E-state index in [1.807, 2.05) is 18.5 Å². The molecule has 1 fully saturated rings. The first-order valence-electron chi connectivity index (χ1n) is 6.97. The van der Waals surface area contributed by atoms with E-state index in [9.17, 15) is 0 Å². The van der Waals surface area contributed by atoms with Gasteiger partial charge in [-0.3, -0.25) is 4.98 Å². The molecule has 1 aliphatic carbocycles. The van der Waals surface area contributed by atoms with Crippen molar-refractivity contribution in [3.05, 3.63) is 30.1 Å². The predicted octanol–water partition coefficient (Wildman–Crippen LogP) is 3.18. The van der Waals surface area contributed by atoms with Crippen LogP contribution in [0.2, 0.25) is 0 Å². The molecule has 1 aliphatic rings. The fraction of sp³-hybridized carbons (Fsp3) is 0.667. The van der Waals surface area contributed by atoms with E-state index < -0.39 is 0 Å². The maximum Gasteiger partial charge on any atom is 0.0299 e. The summed E-state index contributed by atoms with van der Waals surface area (Å²) in [6.45, 7) is 3.52. The molecule has 0 aromatic carbocycles. The Balaban J connectivity index is 1.57. The normalized spacial score (nSPS) is 24.8. The lowest BCUT2D eigenvalue weighted by Crippen LogP contribution is -2.33. The fourth-order valence-corrected chi connectivity index (χ4v) is 2.61. The summed E-state index contributed by atoms with van der Waals surface area (Å²) in [5.41, 5.74) is 1.35. The van der Waals surface area contributed by atoms with Crippen LogP contribution in [0.4, 0.5) is 0 Å². The average Bonchev–Trinajstić information content (AvgIpc) is 2.38. The Hall–Kier alpha value is -0.890. The molecule has 17 heavy (non-hydrogen) atoms. The van der Waals surface area contributed by atoms with Crippen molar-refractivity contribution in [2.75, 3.05) is 6.54 Å². The van der Waals surface area contributed by atoms with Crippen molar-refractivity contribution in [1.82, 2.24) is 10.3 Å². The van der Waals surface area contributed by atoms with E-state index in [0.717, 1.165) is 24.9 Å². The molecule has 1 aromatic rings. The maximum absolute atomic E-state index is 4.14. The number of hydrogen-bond acceptors (Lipinski definition) is 2. The number of pyridine rings is 1. The smallest absolute Gasteiger partial charge is 0.0299 e. The molecule has 1 aromatic heterocycles. The van der Waals surface area contributed by atoms with E-state index in [0.29, 0.717) is 0 Å². The quantitative estimate of drug-likeness (QED) is 0.789. The summed E-state index contributed by atoms with van der Waals surface area (Å²) in [6.07, 6.45) is 11.7. The summed E-state index contributed by atoms with van der Waals surface area (Å²) < 4.78 is 0. The standard InChI is InChI=1S/C15H24N2/c1-13-6-8-15(9-7-13)17-11-3-5-14-4-2-10-16-12-14/h2,4,10,12-13,15,17H,3,5-9,11H2,1H3/t13-,15-. The Morgan fingerprint density at radius 3 is 2.82 bits per heavy atom. The molecule has 0 amide bonds. The molecule has 0 spiro atoms. The highest BCUT2D eigenvalue weighted by molar-refractivity contribution is 5.08. The van der Waals surface area contributed by atoms with Crippen molar-refractivity contribution in [1.29, 1.82) is 0 Å². The maximum atomic E-state index is 4.14. The van der Waals surface area contributed by atoms with Gasteiger partial charge in [0, 0.05) is 18.4 Å². The molecule has 0 unspecified atom stereocenters. The van der Waals surface area contributed by atoms with Crippen LogP contribution in [0.1, 0.15) is 44.6 Å². The molecule has 1 heterocycles. The van der Waals surface area contributed by atoms with Gasteiger partial charge >= 0.3 is 0 Å². The van der Waals surface area contributed by atoms with Gasteiger partial charge in [-0.2, -0.15) is 0 Å². The van der Waals surface area contributed by atoms with Gasteiger partial charge in [-0.25, -0.2) is 0 Å². The van der Waals surface area contributed by atoms with Crippen LogP contribution in [0.25, 0.3) is 0 Å². The van der Waals surface area contributed by atoms with Crippen molar-refractivity contribution in [2.45, 2.75) is 51.5 Å². The number of aromatic nitrogens is 1. The monoisotopic (exact) mass is 232 g/mol. The van der Waals surface area contributed by atoms with Gasteiger partial charge in [-0.05, 0) is 62.6 Å². The second-order valence-corrected chi connectivity index (χ2v) is 5.38. The molecule has 2 nitrogen and oxygen atoms in total. The van der Waals surface area contributed by atoms with Crippen LogP contribution in [-0.2, 0) is 6.42 Å². The summed E-state index contributed by atoms with van der Waals surface area (Å²) in [4.78, 5) is 4.14. The lowest BCUT2D eigenvalue weighted by Gasteiger charge is -2.27. The van der Waals surface area contributed by atoms with Gasteiger partial charge in [0.15, 0.2) is 0 Å². The number of nitrogens with zero attached hydrogens (tertiary/aromatic N) is 1. The zero-order valence-corrected chi connectivity index (χ0v) is 10.9. The number of hydrogen-bond donors (Lipinski definition) is 1. The summed E-state index contributed by atoms with van der Waals surface area (Å²) >= 11 is 0. The lowest BCUT2D eigenvalue weighted by atomic mass is 9.87. The molecule has 2 heteroatoms. The second-order valence-electron chi connectivity index (χ2n) is 5.38. The van der Waals surface area contributed by atoms with Gasteiger partial charge in [0.05, 0.1) is 0 Å². The highest BCUT2D eigenvalue weighted by Crippen LogP contribution is 2.23. The topological polar surface area (TPSA) is 24.9 Å². The number of nitrogens with one attached hydrogen (secondary N) is 1. The third kappa shape index (κ3) is 4.47. The van der Waals surface area contributed by atoms with E-state index in [1.54, 1.807) is 0 Å². The largest absolute Gasteiger partial charge is 0.314 e. The number of rotatable bonds is 5. The molecule has 0 atom stereocenters. The first-order valence-corrected chi connectivity index (χ1v) is 6.97. The molecule has 0 bridgehead atoms. The molecule has 0 radical (unpaired) electrons. The second kappa shape index (κ2) is 6.75. The third-order valence-electron chi connectivity index (χ3n) is 3.81. The summed E-state index contributed by atoms with van der Waals surface area (Å²) in [5.74, 6) is 0.948. The first-order chi connectivity index (χ1) is 8.34. The molecule has 0 saturated heterocycles. The third-order valence-corrected chi connectivity index (χ3v) is 3.81. The molecule has 94 valence electrons. The molecular weight excluding hydrogens is 208 g/mol. The van der Waals surface area contributed by atoms with Crippen molar-refractivity contribution < 1.29 is 0 Å². The van der Waals surface area contributed by atoms with Crippen molar-refractivity contribution in [3.8, 4) is 0 Å². The van der Waals surface area contributed by atoms with Gasteiger partial charge in [-0.15, -0.1) is 0 Å². The molecule has 1 N–H and O–H groups in total. The highest BCUT2D eigenvalue weighted by Gasteiger charge is 2.16. The van der Waals surface area contributed by atoms with Gasteiger partial charge < -0.3 is 5.32 Å². The van der Waals surface area contributed by atoms with Gasteiger partial charge in [0.25, 0.3) is 0 Å². The van der Waals surface area contributed by atoms with E-state index in [-0.39, 0.29) is 0 Å². The van der Waals surface area contributed by atoms with Crippen LogP contribution in [0.3, 0.4) is 0 Å². The van der Waals surface area contributed by atoms with Crippen molar-refractivity contribution in [3.63, 3.8) is 0 Å². The summed E-state index contributed by atoms with van der Waals surface area (Å²) in [7, 11) is 0. The SMILES string of the molecule is C[C@H]1CC[C@H](NCCCc2cccnc2)CC1. The van der Waals surface area contributed by atoms with E-state index in [2.05, 4.69) is 23.3 Å². The minimum atomic E-state index is 0.778. The van der Waals surface area contributed by atoms with Crippen LogP contribution < -0.4 is 5.32 Å². The Labute approximate surface area is 105 Å².